The summed E-state index contributed by atoms with van der Waals surface area (Å²) in [5, 5.41) is 0. The first kappa shape index (κ1) is 15.7. The van der Waals surface area contributed by atoms with Gasteiger partial charge in [-0.3, -0.25) is 9.69 Å². The zero-order valence-corrected chi connectivity index (χ0v) is 12.7. The van der Waals surface area contributed by atoms with Gasteiger partial charge in [0, 0.05) is 23.7 Å². The largest absolute Gasteiger partial charge is 0.494 e. The molecule has 106 valence electrons. The molecular weight excluding hydrogens is 238 g/mol. The van der Waals surface area contributed by atoms with Crippen LogP contribution in [-0.4, -0.2) is 29.9 Å². The molecule has 1 aromatic rings. The van der Waals surface area contributed by atoms with Crippen LogP contribution in [0.15, 0.2) is 18.2 Å². The van der Waals surface area contributed by atoms with E-state index in [1.54, 1.807) is 6.92 Å². The van der Waals surface area contributed by atoms with Crippen molar-refractivity contribution in [3.63, 3.8) is 0 Å². The van der Waals surface area contributed by atoms with Crippen LogP contribution in [0.3, 0.4) is 0 Å². The lowest BCUT2D eigenvalue weighted by atomic mass is 10.1. The molecule has 0 amide bonds. The summed E-state index contributed by atoms with van der Waals surface area (Å²) in [7, 11) is 0. The second kappa shape index (κ2) is 7.29. The lowest BCUT2D eigenvalue weighted by Gasteiger charge is -2.26. The Bertz CT molecular complexity index is 427. The molecule has 3 heteroatoms. The molecule has 1 rings (SSSR count). The number of ether oxygens (including phenoxy) is 1. The van der Waals surface area contributed by atoms with Crippen LogP contribution < -0.4 is 4.74 Å². The van der Waals surface area contributed by atoms with Crippen molar-refractivity contribution < 1.29 is 9.53 Å². The number of carbonyl (C=O) groups is 1. The molecule has 0 fully saturated rings. The van der Waals surface area contributed by atoms with Crippen LogP contribution in [0.1, 0.15) is 50.5 Å². The number of hydrogen-bond acceptors (Lipinski definition) is 3. The third-order valence-electron chi connectivity index (χ3n) is 3.28. The quantitative estimate of drug-likeness (QED) is 0.705. The van der Waals surface area contributed by atoms with Gasteiger partial charge >= 0.3 is 0 Å². The van der Waals surface area contributed by atoms with Crippen molar-refractivity contribution in [1.29, 1.82) is 0 Å². The molecule has 1 aromatic carbocycles. The van der Waals surface area contributed by atoms with E-state index in [0.29, 0.717) is 12.6 Å². The lowest BCUT2D eigenvalue weighted by Crippen LogP contribution is -2.30. The number of carbonyl (C=O) groups excluding carboxylic acids is 1. The van der Waals surface area contributed by atoms with Gasteiger partial charge in [-0.15, -0.1) is 0 Å². The predicted octanol–water partition coefficient (Wildman–Crippen LogP) is 3.52. The highest BCUT2D eigenvalue weighted by molar-refractivity contribution is 5.94. The van der Waals surface area contributed by atoms with E-state index in [-0.39, 0.29) is 5.78 Å². The minimum absolute atomic E-state index is 0.0943. The summed E-state index contributed by atoms with van der Waals surface area (Å²) >= 11 is 0. The van der Waals surface area contributed by atoms with E-state index < -0.39 is 0 Å². The summed E-state index contributed by atoms with van der Waals surface area (Å²) in [6, 6.07) is 6.17. The predicted molar refractivity (Wildman–Crippen MR) is 78.8 cm³/mol. The highest BCUT2D eigenvalue weighted by atomic mass is 16.5. The Morgan fingerprint density at radius 2 is 2.00 bits per heavy atom. The Morgan fingerprint density at radius 3 is 2.47 bits per heavy atom. The summed E-state index contributed by atoms with van der Waals surface area (Å²) in [6.45, 7) is 12.5. The zero-order chi connectivity index (χ0) is 14.4. The van der Waals surface area contributed by atoms with Gasteiger partial charge in [-0.1, -0.05) is 6.92 Å². The van der Waals surface area contributed by atoms with Crippen LogP contribution in [0, 0.1) is 0 Å². The number of hydrogen-bond donors (Lipinski definition) is 0. The summed E-state index contributed by atoms with van der Waals surface area (Å²) in [5.41, 5.74) is 1.84. The zero-order valence-electron chi connectivity index (χ0n) is 12.7. The molecule has 0 unspecified atom stereocenters. The van der Waals surface area contributed by atoms with Crippen LogP contribution in [-0.2, 0) is 6.54 Å². The first-order chi connectivity index (χ1) is 8.99. The van der Waals surface area contributed by atoms with Gasteiger partial charge in [0.05, 0.1) is 6.61 Å². The standard InChI is InChI=1S/C16H25NO2/c1-6-17(12(3)4)11-15-10-14(13(5)18)8-9-16(15)19-7-2/h8-10,12H,6-7,11H2,1-5H3. The summed E-state index contributed by atoms with van der Waals surface area (Å²) in [4.78, 5) is 13.9. The van der Waals surface area contributed by atoms with Crippen LogP contribution in [0.4, 0.5) is 0 Å². The van der Waals surface area contributed by atoms with Gasteiger partial charge in [-0.05, 0) is 52.4 Å². The number of benzene rings is 1. The molecule has 0 spiro atoms. The highest BCUT2D eigenvalue weighted by Gasteiger charge is 2.13. The van der Waals surface area contributed by atoms with Gasteiger partial charge in [-0.2, -0.15) is 0 Å². The Hall–Kier alpha value is -1.35. The van der Waals surface area contributed by atoms with Crippen molar-refractivity contribution in [1.82, 2.24) is 4.90 Å². The Morgan fingerprint density at radius 1 is 1.32 bits per heavy atom. The molecular formula is C16H25NO2. The average Bonchev–Trinajstić information content (AvgIpc) is 2.37. The molecule has 0 aliphatic carbocycles. The minimum atomic E-state index is 0.0943. The van der Waals surface area contributed by atoms with E-state index in [2.05, 4.69) is 25.7 Å². The van der Waals surface area contributed by atoms with E-state index in [1.807, 2.05) is 25.1 Å². The van der Waals surface area contributed by atoms with E-state index in [9.17, 15) is 4.79 Å². The maximum absolute atomic E-state index is 11.5. The van der Waals surface area contributed by atoms with Crippen LogP contribution in [0.2, 0.25) is 0 Å². The van der Waals surface area contributed by atoms with Crippen molar-refractivity contribution in [2.45, 2.75) is 47.2 Å². The fourth-order valence-corrected chi connectivity index (χ4v) is 2.10. The van der Waals surface area contributed by atoms with E-state index in [1.165, 1.54) is 0 Å². The van der Waals surface area contributed by atoms with E-state index >= 15 is 0 Å². The molecule has 0 aliphatic rings. The lowest BCUT2D eigenvalue weighted by molar-refractivity contribution is 0.101. The SMILES string of the molecule is CCOc1ccc(C(C)=O)cc1CN(CC)C(C)C. The maximum Gasteiger partial charge on any atom is 0.159 e. The van der Waals surface area contributed by atoms with E-state index in [4.69, 9.17) is 4.74 Å². The third kappa shape index (κ3) is 4.35. The Kier molecular flexibility index (Phi) is 6.03. The first-order valence-electron chi connectivity index (χ1n) is 7.00. The van der Waals surface area contributed by atoms with E-state index in [0.717, 1.165) is 30.0 Å². The molecule has 3 nitrogen and oxygen atoms in total. The molecule has 0 radical (unpaired) electrons. The normalized spacial score (nSPS) is 11.1. The van der Waals surface area contributed by atoms with Crippen molar-refractivity contribution in [3.8, 4) is 5.75 Å². The molecule has 0 heterocycles. The van der Waals surface area contributed by atoms with Gasteiger partial charge in [0.2, 0.25) is 0 Å². The molecule has 0 N–H and O–H groups in total. The molecule has 0 aliphatic heterocycles. The topological polar surface area (TPSA) is 29.5 Å². The summed E-state index contributed by atoms with van der Waals surface area (Å²) < 4.78 is 5.66. The molecule has 0 atom stereocenters. The van der Waals surface area contributed by atoms with Crippen LogP contribution in [0.5, 0.6) is 5.75 Å². The number of rotatable bonds is 7. The average molecular weight is 263 g/mol. The Labute approximate surface area is 116 Å². The maximum atomic E-state index is 11.5. The summed E-state index contributed by atoms with van der Waals surface area (Å²) in [5.74, 6) is 0.975. The fourth-order valence-electron chi connectivity index (χ4n) is 2.10. The minimum Gasteiger partial charge on any atom is -0.494 e. The van der Waals surface area contributed by atoms with Crippen molar-refractivity contribution in [3.05, 3.63) is 29.3 Å². The molecule has 19 heavy (non-hydrogen) atoms. The van der Waals surface area contributed by atoms with Gasteiger partial charge < -0.3 is 4.74 Å². The van der Waals surface area contributed by atoms with Crippen molar-refractivity contribution in [2.24, 2.45) is 0 Å². The van der Waals surface area contributed by atoms with Crippen molar-refractivity contribution in [2.75, 3.05) is 13.2 Å². The van der Waals surface area contributed by atoms with Crippen molar-refractivity contribution >= 4 is 5.78 Å². The van der Waals surface area contributed by atoms with Crippen LogP contribution in [0.25, 0.3) is 0 Å². The highest BCUT2D eigenvalue weighted by Crippen LogP contribution is 2.23. The molecule has 0 saturated carbocycles. The monoisotopic (exact) mass is 263 g/mol. The second-order valence-corrected chi connectivity index (χ2v) is 4.97. The Balaban J connectivity index is 3.05. The van der Waals surface area contributed by atoms with Crippen LogP contribution >= 0.6 is 0 Å². The van der Waals surface area contributed by atoms with Gasteiger partial charge in [-0.25, -0.2) is 0 Å². The van der Waals surface area contributed by atoms with Gasteiger partial charge in [0.25, 0.3) is 0 Å². The summed E-state index contributed by atoms with van der Waals surface area (Å²) in [6.07, 6.45) is 0. The third-order valence-corrected chi connectivity index (χ3v) is 3.28. The van der Waals surface area contributed by atoms with Gasteiger partial charge in [0.1, 0.15) is 5.75 Å². The smallest absolute Gasteiger partial charge is 0.159 e. The molecule has 0 saturated heterocycles. The fraction of sp³-hybridized carbons (Fsp3) is 0.562. The second-order valence-electron chi connectivity index (χ2n) is 4.97. The first-order valence-corrected chi connectivity index (χ1v) is 7.00. The number of ketones is 1. The number of nitrogens with zero attached hydrogens (tertiary/aromatic N) is 1. The number of Topliss-reactive ketones (excluding diaryl/α,β-unsaturated/α-hetero) is 1. The van der Waals surface area contributed by atoms with Gasteiger partial charge in [0.15, 0.2) is 5.78 Å². The molecule has 0 bridgehead atoms. The molecule has 0 aromatic heterocycles.